The summed E-state index contributed by atoms with van der Waals surface area (Å²) in [6.45, 7) is 4.78. The Morgan fingerprint density at radius 2 is 2.11 bits per heavy atom. The van der Waals surface area contributed by atoms with Crippen molar-refractivity contribution in [1.82, 2.24) is 15.1 Å². The molecule has 1 aliphatic rings. The van der Waals surface area contributed by atoms with Gasteiger partial charge in [-0.2, -0.15) is 5.10 Å². The molecule has 5 nitrogen and oxygen atoms in total. The third-order valence-electron chi connectivity index (χ3n) is 5.20. The molecule has 0 amide bonds. The lowest BCUT2D eigenvalue weighted by Gasteiger charge is -2.34. The number of halogens is 2. The van der Waals surface area contributed by atoms with Gasteiger partial charge in [0.05, 0.1) is 24.4 Å². The summed E-state index contributed by atoms with van der Waals surface area (Å²) in [5.41, 5.74) is 3.18. The molecule has 4 rings (SSSR count). The van der Waals surface area contributed by atoms with Crippen LogP contribution in [0.3, 0.4) is 0 Å². The first-order chi connectivity index (χ1) is 13.1. The molecule has 1 aromatic heterocycles. The van der Waals surface area contributed by atoms with Crippen LogP contribution in [0.1, 0.15) is 18.5 Å². The molecule has 1 aliphatic heterocycles. The summed E-state index contributed by atoms with van der Waals surface area (Å²) in [4.78, 5) is 2.30. The van der Waals surface area contributed by atoms with Gasteiger partial charge in [-0.3, -0.25) is 4.68 Å². The van der Waals surface area contributed by atoms with Crippen molar-refractivity contribution >= 4 is 39.8 Å². The van der Waals surface area contributed by atoms with Crippen LogP contribution in [0.25, 0.3) is 10.9 Å². The van der Waals surface area contributed by atoms with Crippen molar-refractivity contribution in [2.45, 2.75) is 19.0 Å². The van der Waals surface area contributed by atoms with E-state index in [1.807, 2.05) is 23.0 Å². The van der Waals surface area contributed by atoms with Crippen LogP contribution in [0, 0.1) is 0 Å². The Balaban J connectivity index is 1.70. The monoisotopic (exact) mass is 404 g/mol. The zero-order valence-corrected chi connectivity index (χ0v) is 16.6. The van der Waals surface area contributed by atoms with E-state index in [4.69, 9.17) is 23.2 Å². The van der Waals surface area contributed by atoms with Crippen molar-refractivity contribution < 1.29 is 5.11 Å². The van der Waals surface area contributed by atoms with E-state index in [9.17, 15) is 5.11 Å². The lowest BCUT2D eigenvalue weighted by Crippen LogP contribution is -2.52. The number of hydrogen-bond acceptors (Lipinski definition) is 4. The Hall–Kier alpha value is -1.79. The van der Waals surface area contributed by atoms with E-state index < -0.39 is 0 Å². The molecule has 2 N–H and O–H groups in total. The summed E-state index contributed by atoms with van der Waals surface area (Å²) >= 11 is 12.4. The molecule has 7 heteroatoms. The molecule has 2 aromatic carbocycles. The van der Waals surface area contributed by atoms with Gasteiger partial charge >= 0.3 is 0 Å². The minimum absolute atomic E-state index is 0.0178. The standard InChI is InChI=1S/C20H22Cl2N4O/c1-13(18-5-3-15(21)8-19(18)22)26-20-9-17(4-2-14(20)10-24-26)25-7-6-23-16(11-25)12-27/h2-5,8-10,13,16,23,27H,6-7,11-12H2,1H3/t13-,16+/m1/s1. The van der Waals surface area contributed by atoms with Gasteiger partial charge in [0.25, 0.3) is 0 Å². The van der Waals surface area contributed by atoms with Crippen LogP contribution in [0.4, 0.5) is 5.69 Å². The molecule has 0 spiro atoms. The number of fused-ring (bicyclic) bond motifs is 1. The highest BCUT2D eigenvalue weighted by atomic mass is 35.5. The van der Waals surface area contributed by atoms with E-state index in [2.05, 4.69) is 40.4 Å². The fourth-order valence-corrected chi connectivity index (χ4v) is 4.25. The second-order valence-electron chi connectivity index (χ2n) is 6.95. The van der Waals surface area contributed by atoms with Crippen LogP contribution < -0.4 is 10.2 Å². The Morgan fingerprint density at radius 1 is 1.26 bits per heavy atom. The topological polar surface area (TPSA) is 53.3 Å². The van der Waals surface area contributed by atoms with Crippen LogP contribution in [-0.2, 0) is 0 Å². The minimum atomic E-state index is -0.0178. The summed E-state index contributed by atoms with van der Waals surface area (Å²) in [5.74, 6) is 0. The molecular formula is C20H22Cl2N4O. The summed E-state index contributed by atoms with van der Waals surface area (Å²) in [6.07, 6.45) is 1.88. The maximum atomic E-state index is 9.46. The largest absolute Gasteiger partial charge is 0.395 e. The Kier molecular flexibility index (Phi) is 5.28. The van der Waals surface area contributed by atoms with E-state index >= 15 is 0 Å². The van der Waals surface area contributed by atoms with Gasteiger partial charge in [-0.05, 0) is 42.8 Å². The second kappa shape index (κ2) is 7.68. The molecule has 142 valence electrons. The third kappa shape index (κ3) is 3.65. The summed E-state index contributed by atoms with van der Waals surface area (Å²) in [6, 6.07) is 12.0. The first kappa shape index (κ1) is 18.6. The average molecular weight is 405 g/mol. The van der Waals surface area contributed by atoms with E-state index in [-0.39, 0.29) is 18.7 Å². The zero-order valence-electron chi connectivity index (χ0n) is 15.1. The number of aliphatic hydroxyl groups is 1. The van der Waals surface area contributed by atoms with Gasteiger partial charge in [0.15, 0.2) is 0 Å². The number of piperazine rings is 1. The third-order valence-corrected chi connectivity index (χ3v) is 5.76. The molecule has 0 aliphatic carbocycles. The highest BCUT2D eigenvalue weighted by Gasteiger charge is 2.20. The fraction of sp³-hybridized carbons (Fsp3) is 0.350. The van der Waals surface area contributed by atoms with E-state index in [0.29, 0.717) is 10.0 Å². The smallest absolute Gasteiger partial charge is 0.0761 e. The molecular weight excluding hydrogens is 383 g/mol. The van der Waals surface area contributed by atoms with Crippen molar-refractivity contribution in [3.05, 3.63) is 58.2 Å². The zero-order chi connectivity index (χ0) is 19.0. The van der Waals surface area contributed by atoms with Gasteiger partial charge in [0, 0.05) is 46.8 Å². The molecule has 1 fully saturated rings. The summed E-state index contributed by atoms with van der Waals surface area (Å²) in [7, 11) is 0. The number of rotatable bonds is 4. The van der Waals surface area contributed by atoms with Crippen LogP contribution in [0.5, 0.6) is 0 Å². The Bertz CT molecular complexity index is 958. The van der Waals surface area contributed by atoms with Crippen molar-refractivity contribution in [2.75, 3.05) is 31.1 Å². The quantitative estimate of drug-likeness (QED) is 0.695. The predicted octanol–water partition coefficient (Wildman–Crippen LogP) is 3.72. The van der Waals surface area contributed by atoms with E-state index in [0.717, 1.165) is 41.8 Å². The number of benzene rings is 2. The van der Waals surface area contributed by atoms with Gasteiger partial charge in [-0.15, -0.1) is 0 Å². The van der Waals surface area contributed by atoms with Crippen molar-refractivity contribution in [1.29, 1.82) is 0 Å². The molecule has 3 aromatic rings. The van der Waals surface area contributed by atoms with Gasteiger partial charge < -0.3 is 15.3 Å². The molecule has 1 saturated heterocycles. The Morgan fingerprint density at radius 3 is 2.89 bits per heavy atom. The van der Waals surface area contributed by atoms with Crippen LogP contribution in [0.15, 0.2) is 42.6 Å². The van der Waals surface area contributed by atoms with Gasteiger partial charge in [-0.1, -0.05) is 29.3 Å². The molecule has 2 atom stereocenters. The molecule has 0 unspecified atom stereocenters. The minimum Gasteiger partial charge on any atom is -0.395 e. The number of aliphatic hydroxyl groups excluding tert-OH is 1. The maximum absolute atomic E-state index is 9.46. The highest BCUT2D eigenvalue weighted by Crippen LogP contribution is 2.31. The average Bonchev–Trinajstić information content (AvgIpc) is 3.11. The number of hydrogen-bond donors (Lipinski definition) is 2. The maximum Gasteiger partial charge on any atom is 0.0761 e. The first-order valence-electron chi connectivity index (χ1n) is 9.08. The van der Waals surface area contributed by atoms with E-state index in [1.54, 1.807) is 6.07 Å². The number of aromatic nitrogens is 2. The molecule has 0 radical (unpaired) electrons. The normalized spacial score (nSPS) is 18.8. The molecule has 27 heavy (non-hydrogen) atoms. The van der Waals surface area contributed by atoms with Gasteiger partial charge in [0.2, 0.25) is 0 Å². The number of nitrogens with zero attached hydrogens (tertiary/aromatic N) is 3. The lowest BCUT2D eigenvalue weighted by atomic mass is 10.1. The Labute approximate surface area is 168 Å². The first-order valence-corrected chi connectivity index (χ1v) is 9.84. The second-order valence-corrected chi connectivity index (χ2v) is 7.80. The van der Waals surface area contributed by atoms with Gasteiger partial charge in [0.1, 0.15) is 0 Å². The summed E-state index contributed by atoms with van der Waals surface area (Å²) < 4.78 is 2.00. The van der Waals surface area contributed by atoms with Crippen molar-refractivity contribution in [3.63, 3.8) is 0 Å². The van der Waals surface area contributed by atoms with Crippen molar-refractivity contribution in [3.8, 4) is 0 Å². The number of nitrogens with one attached hydrogen (secondary N) is 1. The molecule has 2 heterocycles. The van der Waals surface area contributed by atoms with Gasteiger partial charge in [-0.25, -0.2) is 0 Å². The van der Waals surface area contributed by atoms with Crippen LogP contribution >= 0.6 is 23.2 Å². The highest BCUT2D eigenvalue weighted by molar-refractivity contribution is 6.35. The molecule has 0 saturated carbocycles. The lowest BCUT2D eigenvalue weighted by molar-refractivity contribution is 0.235. The van der Waals surface area contributed by atoms with Crippen LogP contribution in [0.2, 0.25) is 10.0 Å². The SMILES string of the molecule is C[C@H](c1ccc(Cl)cc1Cl)n1ncc2ccc(N3CCN[C@H](CO)C3)cc21. The van der Waals surface area contributed by atoms with Crippen molar-refractivity contribution in [2.24, 2.45) is 0 Å². The summed E-state index contributed by atoms with van der Waals surface area (Å²) in [5, 5.41) is 19.7. The van der Waals surface area contributed by atoms with Crippen LogP contribution in [-0.4, -0.2) is 47.2 Å². The van der Waals surface area contributed by atoms with E-state index in [1.165, 1.54) is 0 Å². The number of anilines is 1. The predicted molar refractivity (Wildman–Crippen MR) is 111 cm³/mol. The molecule has 0 bridgehead atoms. The fourth-order valence-electron chi connectivity index (χ4n) is 3.69.